The van der Waals surface area contributed by atoms with Crippen LogP contribution < -0.4 is 20.1 Å². The number of rotatable bonds is 13. The smallest absolute Gasteiger partial charge is 0.254 e. The predicted octanol–water partition coefficient (Wildman–Crippen LogP) is 4.13. The largest absolute Gasteiger partial charge is 0.493 e. The summed E-state index contributed by atoms with van der Waals surface area (Å²) in [6, 6.07) is 24.0. The van der Waals surface area contributed by atoms with Crippen LogP contribution in [-0.2, 0) is 27.2 Å². The van der Waals surface area contributed by atoms with Gasteiger partial charge in [0.05, 0.1) is 25.6 Å². The minimum atomic E-state index is -0.715. The molecule has 0 radical (unpaired) electrons. The number of nitrogens with zero attached hydrogens (tertiary/aromatic N) is 2. The summed E-state index contributed by atoms with van der Waals surface area (Å²) < 4.78 is 11.4. The van der Waals surface area contributed by atoms with E-state index >= 15 is 0 Å². The molecule has 49 heavy (non-hydrogen) atoms. The van der Waals surface area contributed by atoms with Gasteiger partial charge in [0, 0.05) is 38.8 Å². The number of hydrogen-bond donors (Lipinski definition) is 2. The summed E-state index contributed by atoms with van der Waals surface area (Å²) in [6.07, 6.45) is 2.14. The zero-order valence-corrected chi connectivity index (χ0v) is 28.9. The minimum Gasteiger partial charge on any atom is -0.493 e. The van der Waals surface area contributed by atoms with E-state index in [1.165, 1.54) is 5.56 Å². The summed E-state index contributed by atoms with van der Waals surface area (Å²) in [5, 5.41) is 5.73. The molecule has 0 aromatic heterocycles. The van der Waals surface area contributed by atoms with Crippen LogP contribution in [0.3, 0.4) is 0 Å². The fraction of sp³-hybridized carbons (Fsp3) is 0.436. The van der Waals surface area contributed by atoms with Crippen LogP contribution >= 0.6 is 0 Å². The Morgan fingerprint density at radius 2 is 1.51 bits per heavy atom. The van der Waals surface area contributed by atoms with E-state index in [4.69, 9.17) is 9.47 Å². The highest BCUT2D eigenvalue weighted by atomic mass is 16.5. The summed E-state index contributed by atoms with van der Waals surface area (Å²) >= 11 is 0. The molecule has 10 nitrogen and oxygen atoms in total. The van der Waals surface area contributed by atoms with Gasteiger partial charge in [-0.2, -0.15) is 0 Å². The molecule has 4 amide bonds. The standard InChI is InChI=1S/C39H48N4O6/c1-26(2)49-34-19-18-29(21-35(34)48-4)39(47)43-23-30-22-42(36(44)20-28-14-9-6-10-15-28)25-32(31(30)24-43)37(45)41-33(38(46)40-3)17-11-16-27-12-7-5-8-13-27/h5-10,12-15,18-19,21,26,30-33H,11,16-17,20,22-25H2,1-4H3,(H,40,46)(H,41,45)/t30?,31?,32?,33-/m0/s1. The van der Waals surface area contributed by atoms with Crippen LogP contribution in [0.25, 0.3) is 0 Å². The van der Waals surface area contributed by atoms with Crippen molar-refractivity contribution in [2.75, 3.05) is 40.3 Å². The van der Waals surface area contributed by atoms with Gasteiger partial charge < -0.3 is 29.9 Å². The topological polar surface area (TPSA) is 117 Å². The maximum atomic E-state index is 14.1. The summed E-state index contributed by atoms with van der Waals surface area (Å²) in [5.74, 6) is -0.604. The first kappa shape index (κ1) is 35.4. The first-order valence-electron chi connectivity index (χ1n) is 17.2. The number of piperidine rings is 1. The van der Waals surface area contributed by atoms with Gasteiger partial charge in [0.1, 0.15) is 6.04 Å². The van der Waals surface area contributed by atoms with Crippen LogP contribution in [0.1, 0.15) is 48.2 Å². The Balaban J connectivity index is 1.34. The summed E-state index contributed by atoms with van der Waals surface area (Å²) in [7, 11) is 3.11. The molecule has 2 fully saturated rings. The molecule has 0 spiro atoms. The van der Waals surface area contributed by atoms with Crippen molar-refractivity contribution < 1.29 is 28.7 Å². The lowest BCUT2D eigenvalue weighted by Gasteiger charge is -2.40. The normalized spacial score (nSPS) is 19.2. The molecule has 0 bridgehead atoms. The van der Waals surface area contributed by atoms with Crippen molar-refractivity contribution in [1.29, 1.82) is 0 Å². The number of nitrogens with one attached hydrogen (secondary N) is 2. The van der Waals surface area contributed by atoms with Gasteiger partial charge in [0.25, 0.3) is 5.91 Å². The van der Waals surface area contributed by atoms with Crippen LogP contribution in [0, 0.1) is 17.8 Å². The summed E-state index contributed by atoms with van der Waals surface area (Å²) in [5.41, 5.74) is 2.53. The molecule has 3 aromatic rings. The maximum Gasteiger partial charge on any atom is 0.254 e. The minimum absolute atomic E-state index is 0.0559. The molecule has 2 aliphatic heterocycles. The second-order valence-corrected chi connectivity index (χ2v) is 13.3. The van der Waals surface area contributed by atoms with E-state index in [1.807, 2.05) is 74.5 Å². The number of likely N-dealkylation sites (tertiary alicyclic amines) is 2. The van der Waals surface area contributed by atoms with E-state index in [0.29, 0.717) is 49.5 Å². The maximum absolute atomic E-state index is 14.1. The first-order valence-corrected chi connectivity index (χ1v) is 17.2. The van der Waals surface area contributed by atoms with Crippen LogP contribution in [0.15, 0.2) is 78.9 Å². The molecule has 2 saturated heterocycles. The molecule has 0 saturated carbocycles. The number of likely N-dealkylation sites (N-methyl/N-ethyl adjacent to an activating group) is 1. The fourth-order valence-corrected chi connectivity index (χ4v) is 7.02. The van der Waals surface area contributed by atoms with Gasteiger partial charge in [-0.3, -0.25) is 19.2 Å². The van der Waals surface area contributed by atoms with Gasteiger partial charge >= 0.3 is 0 Å². The second-order valence-electron chi connectivity index (χ2n) is 13.3. The summed E-state index contributed by atoms with van der Waals surface area (Å²) in [4.78, 5) is 58.1. The van der Waals surface area contributed by atoms with E-state index in [9.17, 15) is 19.2 Å². The van der Waals surface area contributed by atoms with Gasteiger partial charge in [-0.15, -0.1) is 0 Å². The van der Waals surface area contributed by atoms with Gasteiger partial charge in [-0.1, -0.05) is 60.7 Å². The Labute approximate surface area is 289 Å². The number of fused-ring (bicyclic) bond motifs is 1. The van der Waals surface area contributed by atoms with Crippen LogP contribution in [0.4, 0.5) is 0 Å². The molecule has 5 rings (SSSR count). The highest BCUT2D eigenvalue weighted by Crippen LogP contribution is 2.37. The Morgan fingerprint density at radius 1 is 0.837 bits per heavy atom. The Bertz CT molecular complexity index is 1600. The third-order valence-electron chi connectivity index (χ3n) is 9.51. The van der Waals surface area contributed by atoms with Crippen molar-refractivity contribution >= 4 is 23.6 Å². The summed E-state index contributed by atoms with van der Waals surface area (Å²) in [6.45, 7) is 5.29. The van der Waals surface area contributed by atoms with Crippen molar-refractivity contribution in [3.63, 3.8) is 0 Å². The Hall–Kier alpha value is -4.86. The van der Waals surface area contributed by atoms with Crippen molar-refractivity contribution in [2.24, 2.45) is 17.8 Å². The number of aryl methyl sites for hydroxylation is 1. The molecule has 0 aliphatic carbocycles. The Morgan fingerprint density at radius 3 is 2.16 bits per heavy atom. The molecular formula is C39H48N4O6. The average Bonchev–Trinajstić information content (AvgIpc) is 3.55. The molecule has 2 N–H and O–H groups in total. The fourth-order valence-electron chi connectivity index (χ4n) is 7.02. The van der Waals surface area contributed by atoms with Crippen molar-refractivity contribution in [2.45, 2.75) is 51.7 Å². The molecular weight excluding hydrogens is 620 g/mol. The highest BCUT2D eigenvalue weighted by molar-refractivity contribution is 5.95. The molecule has 4 atom stereocenters. The zero-order valence-electron chi connectivity index (χ0n) is 28.9. The van der Waals surface area contributed by atoms with Gasteiger partial charge in [0.15, 0.2) is 11.5 Å². The number of hydrogen-bond acceptors (Lipinski definition) is 6. The Kier molecular flexibility index (Phi) is 11.9. The predicted molar refractivity (Wildman–Crippen MR) is 187 cm³/mol. The number of benzene rings is 3. The number of carbonyl (C=O) groups is 4. The number of methoxy groups -OCH3 is 1. The van der Waals surface area contributed by atoms with Crippen molar-refractivity contribution in [3.05, 3.63) is 95.6 Å². The van der Waals surface area contributed by atoms with Crippen LogP contribution in [0.2, 0.25) is 0 Å². The molecule has 10 heteroatoms. The molecule has 3 aromatic carbocycles. The molecule has 2 heterocycles. The lowest BCUT2D eigenvalue weighted by atomic mass is 9.79. The van der Waals surface area contributed by atoms with Crippen LogP contribution in [0.5, 0.6) is 11.5 Å². The zero-order chi connectivity index (χ0) is 34.9. The average molecular weight is 669 g/mol. The van der Waals surface area contributed by atoms with E-state index in [0.717, 1.165) is 12.0 Å². The van der Waals surface area contributed by atoms with E-state index in [-0.39, 0.29) is 54.5 Å². The number of carbonyl (C=O) groups excluding carboxylic acids is 4. The SMILES string of the molecule is CNC(=O)[C@H](CCCc1ccccc1)NC(=O)C1CN(C(=O)Cc2ccccc2)CC2CN(C(=O)c3ccc(OC(C)C)c(OC)c3)CC21. The van der Waals surface area contributed by atoms with Gasteiger partial charge in [-0.25, -0.2) is 0 Å². The van der Waals surface area contributed by atoms with E-state index in [2.05, 4.69) is 10.6 Å². The van der Waals surface area contributed by atoms with E-state index < -0.39 is 12.0 Å². The molecule has 3 unspecified atom stereocenters. The lowest BCUT2D eigenvalue weighted by molar-refractivity contribution is -0.140. The third kappa shape index (κ3) is 8.99. The second kappa shape index (κ2) is 16.5. The third-order valence-corrected chi connectivity index (χ3v) is 9.51. The molecule has 2 aliphatic rings. The van der Waals surface area contributed by atoms with Crippen molar-refractivity contribution in [3.8, 4) is 11.5 Å². The van der Waals surface area contributed by atoms with E-state index in [1.54, 1.807) is 42.2 Å². The van der Waals surface area contributed by atoms with Crippen LogP contribution in [-0.4, -0.2) is 85.9 Å². The highest BCUT2D eigenvalue weighted by Gasteiger charge is 2.48. The monoisotopic (exact) mass is 668 g/mol. The van der Waals surface area contributed by atoms with Crippen molar-refractivity contribution in [1.82, 2.24) is 20.4 Å². The first-order chi connectivity index (χ1) is 23.7. The molecule has 260 valence electrons. The van der Waals surface area contributed by atoms with Gasteiger partial charge in [-0.05, 0) is 74.3 Å². The van der Waals surface area contributed by atoms with Gasteiger partial charge in [0.2, 0.25) is 17.7 Å². The lowest BCUT2D eigenvalue weighted by Crippen LogP contribution is -2.56. The number of amides is 4. The number of ether oxygens (including phenoxy) is 2. The quantitative estimate of drug-likeness (QED) is 0.283.